The number of piperazine rings is 1. The first-order chi connectivity index (χ1) is 10.9. The van der Waals surface area contributed by atoms with E-state index in [1.807, 2.05) is 20.8 Å². The van der Waals surface area contributed by atoms with Crippen molar-refractivity contribution in [3.63, 3.8) is 0 Å². The van der Waals surface area contributed by atoms with E-state index in [2.05, 4.69) is 10.6 Å². The van der Waals surface area contributed by atoms with Crippen LogP contribution in [0, 0.1) is 11.7 Å². The fraction of sp³-hybridized carbons (Fsp3) is 0.529. The van der Waals surface area contributed by atoms with E-state index in [9.17, 15) is 14.0 Å². The van der Waals surface area contributed by atoms with Gasteiger partial charge in [0, 0.05) is 37.7 Å². The molecule has 23 heavy (non-hydrogen) atoms. The molecule has 0 aliphatic carbocycles. The van der Waals surface area contributed by atoms with Crippen molar-refractivity contribution >= 4 is 17.5 Å². The number of carbonyl (C=O) groups is 2. The summed E-state index contributed by atoms with van der Waals surface area (Å²) >= 11 is 0. The van der Waals surface area contributed by atoms with Crippen LogP contribution in [0.4, 0.5) is 10.1 Å². The molecule has 2 amide bonds. The largest absolute Gasteiger partial charge is 0.333 e. The van der Waals surface area contributed by atoms with Crippen LogP contribution in [0.2, 0.25) is 0 Å². The fourth-order valence-electron chi connectivity index (χ4n) is 2.63. The van der Waals surface area contributed by atoms with Crippen molar-refractivity contribution in [1.82, 2.24) is 10.2 Å². The van der Waals surface area contributed by atoms with Crippen LogP contribution in [-0.2, 0) is 4.79 Å². The normalized spacial score (nSPS) is 18.1. The summed E-state index contributed by atoms with van der Waals surface area (Å²) in [7, 11) is 0. The van der Waals surface area contributed by atoms with Gasteiger partial charge in [-0.2, -0.15) is 0 Å². The van der Waals surface area contributed by atoms with Crippen LogP contribution in [0.5, 0.6) is 0 Å². The molecule has 0 bridgehead atoms. The van der Waals surface area contributed by atoms with Gasteiger partial charge in [0.1, 0.15) is 5.82 Å². The van der Waals surface area contributed by atoms with Gasteiger partial charge in [-0.15, -0.1) is 0 Å². The van der Waals surface area contributed by atoms with Crippen LogP contribution in [0.15, 0.2) is 18.2 Å². The second-order valence-electron chi connectivity index (χ2n) is 6.39. The molecule has 0 aromatic heterocycles. The minimum Gasteiger partial charge on any atom is -0.333 e. The van der Waals surface area contributed by atoms with Crippen LogP contribution in [0.3, 0.4) is 0 Å². The first-order valence-electron chi connectivity index (χ1n) is 7.99. The van der Waals surface area contributed by atoms with Crippen LogP contribution < -0.4 is 10.6 Å². The second-order valence-corrected chi connectivity index (χ2v) is 6.39. The number of carbonyl (C=O) groups excluding carboxylic acids is 2. The summed E-state index contributed by atoms with van der Waals surface area (Å²) in [5, 5.41) is 5.76. The van der Waals surface area contributed by atoms with E-state index in [-0.39, 0.29) is 29.5 Å². The molecule has 1 heterocycles. The van der Waals surface area contributed by atoms with Crippen molar-refractivity contribution in [1.29, 1.82) is 0 Å². The Morgan fingerprint density at radius 1 is 1.43 bits per heavy atom. The van der Waals surface area contributed by atoms with Crippen molar-refractivity contribution in [2.45, 2.75) is 33.2 Å². The predicted molar refractivity (Wildman–Crippen MR) is 87.9 cm³/mol. The van der Waals surface area contributed by atoms with Crippen molar-refractivity contribution in [3.05, 3.63) is 29.6 Å². The van der Waals surface area contributed by atoms with E-state index in [0.717, 1.165) is 13.1 Å². The van der Waals surface area contributed by atoms with E-state index >= 15 is 0 Å². The topological polar surface area (TPSA) is 61.4 Å². The average Bonchev–Trinajstić information content (AvgIpc) is 2.48. The molecule has 5 nitrogen and oxygen atoms in total. The summed E-state index contributed by atoms with van der Waals surface area (Å²) in [6, 6.07) is 4.28. The molecule has 0 radical (unpaired) electrons. The zero-order valence-corrected chi connectivity index (χ0v) is 13.9. The van der Waals surface area contributed by atoms with Crippen molar-refractivity contribution in [3.8, 4) is 0 Å². The third-order valence-electron chi connectivity index (χ3n) is 3.85. The number of hydrogen-bond acceptors (Lipinski definition) is 3. The lowest BCUT2D eigenvalue weighted by Gasteiger charge is -2.34. The van der Waals surface area contributed by atoms with Crippen molar-refractivity contribution < 1.29 is 14.0 Å². The molecule has 2 N–H and O–H groups in total. The number of amides is 2. The van der Waals surface area contributed by atoms with Crippen molar-refractivity contribution in [2.75, 3.05) is 25.0 Å². The van der Waals surface area contributed by atoms with Gasteiger partial charge in [0.15, 0.2) is 0 Å². The van der Waals surface area contributed by atoms with Gasteiger partial charge in [-0.3, -0.25) is 9.59 Å². The van der Waals surface area contributed by atoms with Gasteiger partial charge >= 0.3 is 0 Å². The third kappa shape index (κ3) is 4.51. The Morgan fingerprint density at radius 2 is 2.17 bits per heavy atom. The maximum absolute atomic E-state index is 14.2. The van der Waals surface area contributed by atoms with Gasteiger partial charge in [-0.25, -0.2) is 4.39 Å². The Labute approximate surface area is 136 Å². The predicted octanol–water partition coefficient (Wildman–Crippen LogP) is 2.24. The molecular weight excluding hydrogens is 297 g/mol. The highest BCUT2D eigenvalue weighted by atomic mass is 19.1. The number of hydrogen-bond donors (Lipinski definition) is 2. The molecule has 1 aliphatic heterocycles. The maximum atomic E-state index is 14.2. The molecular formula is C17H24FN3O2. The number of nitrogens with one attached hydrogen (secondary N) is 2. The monoisotopic (exact) mass is 321 g/mol. The fourth-order valence-corrected chi connectivity index (χ4v) is 2.63. The first kappa shape index (κ1) is 17.4. The molecule has 1 fully saturated rings. The highest BCUT2D eigenvalue weighted by molar-refractivity contribution is 5.96. The van der Waals surface area contributed by atoms with Gasteiger partial charge in [0.05, 0.1) is 5.69 Å². The zero-order chi connectivity index (χ0) is 17.0. The van der Waals surface area contributed by atoms with Crippen LogP contribution >= 0.6 is 0 Å². The number of benzene rings is 1. The molecule has 1 aromatic rings. The standard InChI is InChI=1S/C17H24FN3O2/c1-11(2)8-16(22)20-15-5-4-13(9-14(15)18)17(23)21-7-6-19-10-12(21)3/h4-5,9,11-12,19H,6-8,10H2,1-3H3,(H,20,22). The van der Waals surface area contributed by atoms with Crippen LogP contribution in [0.25, 0.3) is 0 Å². The van der Waals surface area contributed by atoms with E-state index < -0.39 is 5.82 Å². The number of nitrogens with zero attached hydrogens (tertiary/aromatic N) is 1. The molecule has 2 rings (SSSR count). The number of rotatable bonds is 4. The maximum Gasteiger partial charge on any atom is 0.254 e. The third-order valence-corrected chi connectivity index (χ3v) is 3.85. The molecule has 6 heteroatoms. The minimum atomic E-state index is -0.587. The summed E-state index contributed by atoms with van der Waals surface area (Å²) < 4.78 is 14.2. The van der Waals surface area contributed by atoms with Gasteiger partial charge in [-0.05, 0) is 31.0 Å². The second kappa shape index (κ2) is 7.55. The van der Waals surface area contributed by atoms with Crippen molar-refractivity contribution in [2.24, 2.45) is 5.92 Å². The number of halogens is 1. The number of anilines is 1. The summed E-state index contributed by atoms with van der Waals surface area (Å²) in [5.74, 6) is -0.796. The molecule has 1 aliphatic rings. The summed E-state index contributed by atoms with van der Waals surface area (Å²) in [4.78, 5) is 25.9. The average molecular weight is 321 g/mol. The highest BCUT2D eigenvalue weighted by Gasteiger charge is 2.24. The quantitative estimate of drug-likeness (QED) is 0.894. The zero-order valence-electron chi connectivity index (χ0n) is 13.9. The Bertz CT molecular complexity index is 589. The lowest BCUT2D eigenvalue weighted by molar-refractivity contribution is -0.116. The van der Waals surface area contributed by atoms with Gasteiger partial charge in [-0.1, -0.05) is 13.8 Å². The van der Waals surface area contributed by atoms with Crippen LogP contribution in [-0.4, -0.2) is 42.4 Å². The van der Waals surface area contributed by atoms with Gasteiger partial charge < -0.3 is 15.5 Å². The van der Waals surface area contributed by atoms with Gasteiger partial charge in [0.25, 0.3) is 5.91 Å². The summed E-state index contributed by atoms with van der Waals surface area (Å²) in [6.45, 7) is 7.88. The Balaban J connectivity index is 2.09. The Hall–Kier alpha value is -1.95. The smallest absolute Gasteiger partial charge is 0.254 e. The van der Waals surface area contributed by atoms with E-state index in [4.69, 9.17) is 0 Å². The first-order valence-corrected chi connectivity index (χ1v) is 7.99. The Morgan fingerprint density at radius 3 is 2.78 bits per heavy atom. The van der Waals surface area contributed by atoms with Gasteiger partial charge in [0.2, 0.25) is 5.91 Å². The SMILES string of the molecule is CC(C)CC(=O)Nc1ccc(C(=O)N2CCNCC2C)cc1F. The van der Waals surface area contributed by atoms with E-state index in [0.29, 0.717) is 18.5 Å². The molecule has 0 saturated carbocycles. The minimum absolute atomic E-state index is 0.0738. The summed E-state index contributed by atoms with van der Waals surface area (Å²) in [6.07, 6.45) is 0.332. The molecule has 126 valence electrons. The molecule has 1 unspecified atom stereocenters. The molecule has 1 saturated heterocycles. The summed E-state index contributed by atoms with van der Waals surface area (Å²) in [5.41, 5.74) is 0.415. The molecule has 0 spiro atoms. The Kier molecular flexibility index (Phi) is 5.71. The molecule has 1 aromatic carbocycles. The highest BCUT2D eigenvalue weighted by Crippen LogP contribution is 2.19. The lowest BCUT2D eigenvalue weighted by Crippen LogP contribution is -2.52. The van der Waals surface area contributed by atoms with Crippen LogP contribution in [0.1, 0.15) is 37.6 Å². The lowest BCUT2D eigenvalue weighted by atomic mass is 10.1. The molecule has 1 atom stereocenters. The van der Waals surface area contributed by atoms with E-state index in [1.165, 1.54) is 12.1 Å². The van der Waals surface area contributed by atoms with E-state index in [1.54, 1.807) is 11.0 Å².